The molecule has 1 amide bonds. The summed E-state index contributed by atoms with van der Waals surface area (Å²) in [5.41, 5.74) is 3.38. The molecule has 1 N–H and O–H groups in total. The van der Waals surface area contributed by atoms with Crippen LogP contribution < -0.4 is 5.32 Å². The number of fused-ring (bicyclic) bond motifs is 1. The molecule has 0 radical (unpaired) electrons. The molecule has 0 aliphatic heterocycles. The summed E-state index contributed by atoms with van der Waals surface area (Å²) in [6.45, 7) is 0.515. The first-order valence-electron chi connectivity index (χ1n) is 7.24. The molecule has 3 aromatic rings. The maximum absolute atomic E-state index is 12.7. The molecule has 0 aliphatic rings. The van der Waals surface area contributed by atoms with E-state index in [0.29, 0.717) is 12.3 Å². The fraction of sp³-hybridized carbons (Fsp3) is 0.167. The first kappa shape index (κ1) is 15.8. The van der Waals surface area contributed by atoms with Crippen molar-refractivity contribution in [2.75, 3.05) is 12.4 Å². The Hall–Kier alpha value is -2.11. The predicted molar refractivity (Wildman–Crippen MR) is 95.7 cm³/mol. The monoisotopic (exact) mass is 372 g/mol. The van der Waals surface area contributed by atoms with Crippen molar-refractivity contribution in [3.63, 3.8) is 0 Å². The molecule has 1 heterocycles. The van der Waals surface area contributed by atoms with E-state index >= 15 is 0 Å². The number of aryl methyl sites for hydroxylation is 1. The molecular weight excluding hydrogens is 356 g/mol. The van der Waals surface area contributed by atoms with E-state index in [0.717, 1.165) is 26.6 Å². The number of hydrogen-bond acceptors (Lipinski definition) is 2. The molecule has 23 heavy (non-hydrogen) atoms. The van der Waals surface area contributed by atoms with Crippen LogP contribution in [0.1, 0.15) is 16.1 Å². The molecule has 0 saturated heterocycles. The zero-order valence-electron chi connectivity index (χ0n) is 13.0. The molecule has 3 rings (SSSR count). The van der Waals surface area contributed by atoms with Crippen LogP contribution in [-0.2, 0) is 18.4 Å². The summed E-state index contributed by atoms with van der Waals surface area (Å²) in [5.74, 6) is -0.148. The molecule has 0 bridgehead atoms. The van der Waals surface area contributed by atoms with Crippen molar-refractivity contribution in [2.45, 2.75) is 6.61 Å². The van der Waals surface area contributed by atoms with Crippen LogP contribution in [0.25, 0.3) is 10.9 Å². The number of methoxy groups -OCH3 is 1. The molecule has 0 fully saturated rings. The quantitative estimate of drug-likeness (QED) is 0.739. The maximum Gasteiger partial charge on any atom is 0.273 e. The Kier molecular flexibility index (Phi) is 4.50. The summed E-state index contributed by atoms with van der Waals surface area (Å²) < 4.78 is 7.83. The van der Waals surface area contributed by atoms with Crippen LogP contribution in [0.2, 0.25) is 0 Å². The lowest BCUT2D eigenvalue weighted by atomic mass is 10.2. The number of rotatable bonds is 4. The number of para-hydroxylation sites is 1. The lowest BCUT2D eigenvalue weighted by molar-refractivity contribution is 0.101. The van der Waals surface area contributed by atoms with Crippen LogP contribution >= 0.6 is 15.9 Å². The molecule has 0 spiro atoms. The van der Waals surface area contributed by atoms with Gasteiger partial charge in [0.15, 0.2) is 0 Å². The summed E-state index contributed by atoms with van der Waals surface area (Å²) in [7, 11) is 3.54. The van der Waals surface area contributed by atoms with Gasteiger partial charge < -0.3 is 14.6 Å². The lowest BCUT2D eigenvalue weighted by Crippen LogP contribution is -2.16. The van der Waals surface area contributed by atoms with Gasteiger partial charge >= 0.3 is 0 Å². The molecule has 0 atom stereocenters. The Labute approximate surface area is 143 Å². The lowest BCUT2D eigenvalue weighted by Gasteiger charge is -2.09. The Morgan fingerprint density at radius 2 is 2.00 bits per heavy atom. The number of carbonyl (C=O) groups is 1. The van der Waals surface area contributed by atoms with Crippen LogP contribution in [0.4, 0.5) is 5.69 Å². The highest BCUT2D eigenvalue weighted by molar-refractivity contribution is 9.10. The average molecular weight is 373 g/mol. The smallest absolute Gasteiger partial charge is 0.273 e. The number of anilines is 1. The van der Waals surface area contributed by atoms with E-state index in [1.807, 2.05) is 60.1 Å². The molecule has 118 valence electrons. The summed E-state index contributed by atoms with van der Waals surface area (Å²) >= 11 is 3.55. The van der Waals surface area contributed by atoms with Crippen molar-refractivity contribution in [3.05, 3.63) is 64.3 Å². The summed E-state index contributed by atoms with van der Waals surface area (Å²) in [5, 5.41) is 3.98. The van der Waals surface area contributed by atoms with Gasteiger partial charge in [-0.25, -0.2) is 0 Å². The number of ether oxygens (including phenoxy) is 1. The number of hydrogen-bond donors (Lipinski definition) is 1. The second-order valence-electron chi connectivity index (χ2n) is 5.33. The first-order chi connectivity index (χ1) is 11.1. The van der Waals surface area contributed by atoms with Gasteiger partial charge in [0, 0.05) is 30.7 Å². The fourth-order valence-corrected chi connectivity index (χ4v) is 3.48. The number of nitrogens with zero attached hydrogens (tertiary/aromatic N) is 1. The largest absolute Gasteiger partial charge is 0.380 e. The van der Waals surface area contributed by atoms with Gasteiger partial charge in [0.25, 0.3) is 5.91 Å². The number of benzene rings is 2. The highest BCUT2D eigenvalue weighted by Gasteiger charge is 2.19. The Balaban J connectivity index is 1.94. The standard InChI is InChI=1S/C18H17BrN2O2/c1-21-15-9-4-3-8-14(15)16(19)17(21)18(22)20-13-7-5-6-12(10-13)11-23-2/h3-10H,11H2,1-2H3,(H,20,22). The minimum atomic E-state index is -0.148. The number of nitrogens with one attached hydrogen (secondary N) is 1. The summed E-state index contributed by atoms with van der Waals surface area (Å²) in [6.07, 6.45) is 0. The van der Waals surface area contributed by atoms with Gasteiger partial charge in [-0.1, -0.05) is 30.3 Å². The van der Waals surface area contributed by atoms with E-state index in [2.05, 4.69) is 21.2 Å². The maximum atomic E-state index is 12.7. The van der Waals surface area contributed by atoms with Crippen molar-refractivity contribution in [1.29, 1.82) is 0 Å². The van der Waals surface area contributed by atoms with E-state index < -0.39 is 0 Å². The fourth-order valence-electron chi connectivity index (χ4n) is 2.69. The van der Waals surface area contributed by atoms with E-state index in [1.54, 1.807) is 7.11 Å². The van der Waals surface area contributed by atoms with Crippen LogP contribution in [0.15, 0.2) is 53.0 Å². The molecule has 0 unspecified atom stereocenters. The normalized spacial score (nSPS) is 10.9. The average Bonchev–Trinajstić information content (AvgIpc) is 2.80. The van der Waals surface area contributed by atoms with Crippen LogP contribution in [0, 0.1) is 0 Å². The Bertz CT molecular complexity index is 832. The van der Waals surface area contributed by atoms with E-state index in [-0.39, 0.29) is 5.91 Å². The van der Waals surface area contributed by atoms with Crippen molar-refractivity contribution >= 4 is 38.4 Å². The third-order valence-electron chi connectivity index (χ3n) is 3.76. The van der Waals surface area contributed by atoms with Crippen LogP contribution in [0.5, 0.6) is 0 Å². The third-order valence-corrected chi connectivity index (χ3v) is 4.56. The van der Waals surface area contributed by atoms with Crippen molar-refractivity contribution in [1.82, 2.24) is 4.57 Å². The second-order valence-corrected chi connectivity index (χ2v) is 6.12. The molecule has 0 saturated carbocycles. The van der Waals surface area contributed by atoms with E-state index in [9.17, 15) is 4.79 Å². The Morgan fingerprint density at radius 3 is 2.74 bits per heavy atom. The highest BCUT2D eigenvalue weighted by atomic mass is 79.9. The van der Waals surface area contributed by atoms with Crippen molar-refractivity contribution < 1.29 is 9.53 Å². The summed E-state index contributed by atoms with van der Waals surface area (Å²) in [4.78, 5) is 12.7. The van der Waals surface area contributed by atoms with Gasteiger partial charge in [-0.2, -0.15) is 0 Å². The molecular formula is C18H17BrN2O2. The van der Waals surface area contributed by atoms with Crippen molar-refractivity contribution in [2.24, 2.45) is 7.05 Å². The topological polar surface area (TPSA) is 43.3 Å². The number of amides is 1. The van der Waals surface area contributed by atoms with Crippen molar-refractivity contribution in [3.8, 4) is 0 Å². The van der Waals surface area contributed by atoms with Gasteiger partial charge in [0.05, 0.1) is 11.1 Å². The van der Waals surface area contributed by atoms with Gasteiger partial charge in [-0.05, 0) is 39.7 Å². The predicted octanol–water partition coefficient (Wildman–Crippen LogP) is 4.34. The SMILES string of the molecule is COCc1cccc(NC(=O)c2c(Br)c3ccccc3n2C)c1. The Morgan fingerprint density at radius 1 is 1.22 bits per heavy atom. The molecule has 5 heteroatoms. The van der Waals surface area contributed by atoms with Gasteiger partial charge in [0.2, 0.25) is 0 Å². The molecule has 4 nitrogen and oxygen atoms in total. The molecule has 2 aromatic carbocycles. The molecule has 0 aliphatic carbocycles. The number of halogens is 1. The van der Waals surface area contributed by atoms with Crippen LogP contribution in [-0.4, -0.2) is 17.6 Å². The van der Waals surface area contributed by atoms with Crippen LogP contribution in [0.3, 0.4) is 0 Å². The second kappa shape index (κ2) is 6.56. The zero-order valence-corrected chi connectivity index (χ0v) is 14.6. The van der Waals surface area contributed by atoms with Gasteiger partial charge in [-0.15, -0.1) is 0 Å². The number of aromatic nitrogens is 1. The minimum absolute atomic E-state index is 0.148. The van der Waals surface area contributed by atoms with Gasteiger partial charge in [-0.3, -0.25) is 4.79 Å². The summed E-state index contributed by atoms with van der Waals surface area (Å²) in [6, 6.07) is 15.6. The zero-order chi connectivity index (χ0) is 16.4. The van der Waals surface area contributed by atoms with E-state index in [1.165, 1.54) is 0 Å². The highest BCUT2D eigenvalue weighted by Crippen LogP contribution is 2.30. The minimum Gasteiger partial charge on any atom is -0.380 e. The first-order valence-corrected chi connectivity index (χ1v) is 8.03. The van der Waals surface area contributed by atoms with Gasteiger partial charge in [0.1, 0.15) is 5.69 Å². The van der Waals surface area contributed by atoms with E-state index in [4.69, 9.17) is 4.74 Å². The molecule has 1 aromatic heterocycles. The number of carbonyl (C=O) groups excluding carboxylic acids is 1. The third kappa shape index (κ3) is 3.02.